The topological polar surface area (TPSA) is 21.8 Å². The Balaban J connectivity index is 1.87. The van der Waals surface area contributed by atoms with Gasteiger partial charge in [-0.05, 0) is 31.0 Å². The molecular formula is C16H34O2Si. The Morgan fingerprint density at radius 1 is 1.00 bits per heavy atom. The summed E-state index contributed by atoms with van der Waals surface area (Å²) < 4.78 is 11.4. The zero-order valence-electron chi connectivity index (χ0n) is 13.8. The largest absolute Gasteiger partial charge is 0.417 e. The molecular weight excluding hydrogens is 252 g/mol. The van der Waals surface area contributed by atoms with Gasteiger partial charge in [-0.25, -0.2) is 0 Å². The van der Waals surface area contributed by atoms with Crippen molar-refractivity contribution in [2.24, 2.45) is 0 Å². The summed E-state index contributed by atoms with van der Waals surface area (Å²) in [7, 11) is -1.51. The van der Waals surface area contributed by atoms with Crippen molar-refractivity contribution < 1.29 is 9.16 Å². The van der Waals surface area contributed by atoms with Gasteiger partial charge in [-0.2, -0.15) is 0 Å². The van der Waals surface area contributed by atoms with Crippen molar-refractivity contribution in [1.82, 2.24) is 0 Å². The minimum atomic E-state index is -1.51. The quantitative estimate of drug-likeness (QED) is 0.315. The van der Waals surface area contributed by atoms with E-state index in [0.29, 0.717) is 11.1 Å². The fourth-order valence-electron chi connectivity index (χ4n) is 1.96. The maximum atomic E-state index is 6.18. The molecule has 1 aliphatic heterocycles. The Kier molecular flexibility index (Phi) is 7.05. The summed E-state index contributed by atoms with van der Waals surface area (Å²) in [6.45, 7) is 13.6. The molecule has 0 bridgehead atoms. The standard InChI is InChI=1S/C16H34O2Si/c1-16(2,3)19(4,5)18-13-11-9-7-6-8-10-12-15-14-17-15/h15H,6-14H2,1-5H3. The van der Waals surface area contributed by atoms with Crippen LogP contribution < -0.4 is 0 Å². The molecule has 0 amide bonds. The lowest BCUT2D eigenvalue weighted by Crippen LogP contribution is -2.40. The molecule has 114 valence electrons. The molecule has 0 N–H and O–H groups in total. The summed E-state index contributed by atoms with van der Waals surface area (Å²) in [5.74, 6) is 0. The highest BCUT2D eigenvalue weighted by atomic mass is 28.4. The van der Waals surface area contributed by atoms with Crippen molar-refractivity contribution in [1.29, 1.82) is 0 Å². The Bertz CT molecular complexity index is 242. The monoisotopic (exact) mass is 286 g/mol. The predicted molar refractivity (Wildman–Crippen MR) is 85.2 cm³/mol. The fourth-order valence-corrected chi connectivity index (χ4v) is 3.05. The molecule has 1 saturated heterocycles. The molecule has 0 aliphatic carbocycles. The van der Waals surface area contributed by atoms with Crippen LogP contribution in [0.1, 0.15) is 65.7 Å². The van der Waals surface area contributed by atoms with Gasteiger partial charge in [-0.3, -0.25) is 0 Å². The van der Waals surface area contributed by atoms with E-state index in [4.69, 9.17) is 9.16 Å². The summed E-state index contributed by atoms with van der Waals surface area (Å²) in [4.78, 5) is 0. The highest BCUT2D eigenvalue weighted by Gasteiger charge is 2.36. The van der Waals surface area contributed by atoms with Gasteiger partial charge in [0.1, 0.15) is 0 Å². The molecule has 1 fully saturated rings. The van der Waals surface area contributed by atoms with Crippen LogP contribution in [0.15, 0.2) is 0 Å². The zero-order valence-corrected chi connectivity index (χ0v) is 14.8. The van der Waals surface area contributed by atoms with Gasteiger partial charge in [0.05, 0.1) is 12.7 Å². The van der Waals surface area contributed by atoms with E-state index in [1.807, 2.05) is 0 Å². The Morgan fingerprint density at radius 2 is 1.53 bits per heavy atom. The molecule has 0 aromatic carbocycles. The average Bonchev–Trinajstić information content (AvgIpc) is 3.09. The number of epoxide rings is 1. The number of ether oxygens (including phenoxy) is 1. The van der Waals surface area contributed by atoms with Gasteiger partial charge in [0.2, 0.25) is 0 Å². The van der Waals surface area contributed by atoms with Crippen molar-refractivity contribution in [3.05, 3.63) is 0 Å². The van der Waals surface area contributed by atoms with Crippen molar-refractivity contribution in [2.45, 2.75) is 90.0 Å². The number of unbranched alkanes of at least 4 members (excludes halogenated alkanes) is 5. The van der Waals surface area contributed by atoms with Crippen molar-refractivity contribution >= 4 is 8.32 Å². The summed E-state index contributed by atoms with van der Waals surface area (Å²) in [6, 6.07) is 0. The third-order valence-corrected chi connectivity index (χ3v) is 9.13. The molecule has 0 spiro atoms. The van der Waals surface area contributed by atoms with Gasteiger partial charge in [0.15, 0.2) is 8.32 Å². The fraction of sp³-hybridized carbons (Fsp3) is 1.00. The minimum Gasteiger partial charge on any atom is -0.417 e. The molecule has 0 aromatic rings. The third kappa shape index (κ3) is 7.47. The van der Waals surface area contributed by atoms with Gasteiger partial charge in [0.25, 0.3) is 0 Å². The van der Waals surface area contributed by atoms with Crippen LogP contribution in [0.3, 0.4) is 0 Å². The van der Waals surface area contributed by atoms with Crippen molar-refractivity contribution in [2.75, 3.05) is 13.2 Å². The van der Waals surface area contributed by atoms with Crippen LogP contribution in [-0.4, -0.2) is 27.6 Å². The summed E-state index contributed by atoms with van der Waals surface area (Å²) in [5, 5.41) is 0.345. The minimum absolute atomic E-state index is 0.345. The molecule has 0 aromatic heterocycles. The van der Waals surface area contributed by atoms with E-state index in [1.54, 1.807) is 0 Å². The number of rotatable bonds is 10. The van der Waals surface area contributed by atoms with E-state index >= 15 is 0 Å². The first-order valence-electron chi connectivity index (χ1n) is 8.08. The maximum Gasteiger partial charge on any atom is 0.191 e. The zero-order chi connectivity index (χ0) is 14.4. The van der Waals surface area contributed by atoms with Crippen molar-refractivity contribution in [3.8, 4) is 0 Å². The lowest BCUT2D eigenvalue weighted by Gasteiger charge is -2.36. The van der Waals surface area contributed by atoms with Crippen LogP contribution in [0.25, 0.3) is 0 Å². The predicted octanol–water partition coefficient (Wildman–Crippen LogP) is 5.14. The summed E-state index contributed by atoms with van der Waals surface area (Å²) in [6.07, 6.45) is 9.95. The van der Waals surface area contributed by atoms with E-state index < -0.39 is 8.32 Å². The normalized spacial score (nSPS) is 19.7. The first-order valence-corrected chi connectivity index (χ1v) is 11.0. The molecule has 1 unspecified atom stereocenters. The van der Waals surface area contributed by atoms with Crippen LogP contribution >= 0.6 is 0 Å². The smallest absolute Gasteiger partial charge is 0.191 e. The Hall–Kier alpha value is 0.137. The number of hydrogen-bond donors (Lipinski definition) is 0. The third-order valence-electron chi connectivity index (χ3n) is 4.59. The second kappa shape index (κ2) is 7.80. The van der Waals surface area contributed by atoms with Crippen LogP contribution in [0.2, 0.25) is 18.1 Å². The molecule has 0 saturated carbocycles. The van der Waals surface area contributed by atoms with Crippen molar-refractivity contribution in [3.63, 3.8) is 0 Å². The molecule has 3 heteroatoms. The second-order valence-corrected chi connectivity index (χ2v) is 12.3. The van der Waals surface area contributed by atoms with Gasteiger partial charge in [-0.1, -0.05) is 52.9 Å². The summed E-state index contributed by atoms with van der Waals surface area (Å²) >= 11 is 0. The average molecular weight is 287 g/mol. The van der Waals surface area contributed by atoms with E-state index in [0.717, 1.165) is 13.2 Å². The second-order valence-electron chi connectivity index (χ2n) is 7.47. The Morgan fingerprint density at radius 3 is 2.05 bits per heavy atom. The van der Waals surface area contributed by atoms with Crippen LogP contribution in [0.4, 0.5) is 0 Å². The van der Waals surface area contributed by atoms with E-state index in [2.05, 4.69) is 33.9 Å². The van der Waals surface area contributed by atoms with Gasteiger partial charge in [-0.15, -0.1) is 0 Å². The molecule has 1 atom stereocenters. The SMILES string of the molecule is CC(C)(C)[Si](C)(C)OCCCCCCCCC1CO1. The lowest BCUT2D eigenvalue weighted by atomic mass is 10.1. The molecule has 19 heavy (non-hydrogen) atoms. The van der Waals surface area contributed by atoms with Crippen LogP contribution in [0.5, 0.6) is 0 Å². The highest BCUT2D eigenvalue weighted by molar-refractivity contribution is 6.74. The maximum absolute atomic E-state index is 6.18. The molecule has 1 heterocycles. The highest BCUT2D eigenvalue weighted by Crippen LogP contribution is 2.36. The first kappa shape index (κ1) is 17.2. The van der Waals surface area contributed by atoms with Gasteiger partial charge >= 0.3 is 0 Å². The molecule has 1 aliphatic rings. The van der Waals surface area contributed by atoms with E-state index in [-0.39, 0.29) is 0 Å². The van der Waals surface area contributed by atoms with E-state index in [9.17, 15) is 0 Å². The lowest BCUT2D eigenvalue weighted by molar-refractivity contribution is 0.277. The van der Waals surface area contributed by atoms with Crippen LogP contribution in [-0.2, 0) is 9.16 Å². The summed E-state index contributed by atoms with van der Waals surface area (Å²) in [5.41, 5.74) is 0. The van der Waals surface area contributed by atoms with Gasteiger partial charge < -0.3 is 9.16 Å². The van der Waals surface area contributed by atoms with Crippen LogP contribution in [0, 0.1) is 0 Å². The Labute approximate surface area is 121 Å². The molecule has 1 rings (SSSR count). The van der Waals surface area contributed by atoms with E-state index in [1.165, 1.54) is 44.9 Å². The molecule has 2 nitrogen and oxygen atoms in total. The molecule has 0 radical (unpaired) electrons. The van der Waals surface area contributed by atoms with Gasteiger partial charge in [0, 0.05) is 6.61 Å². The number of hydrogen-bond acceptors (Lipinski definition) is 2. The first-order chi connectivity index (χ1) is 8.83.